The molecule has 0 bridgehead atoms. The van der Waals surface area contributed by atoms with Gasteiger partial charge in [0, 0.05) is 0 Å². The molecule has 0 radical (unpaired) electrons. The molecule has 56 valence electrons. The minimum absolute atomic E-state index is 0.140. The molecule has 3 nitrogen and oxygen atoms in total. The van der Waals surface area contributed by atoms with Crippen molar-refractivity contribution >= 4 is 6.09 Å². The SMILES string of the molecule is NC(=O)OC1CC2CC2C1. The van der Waals surface area contributed by atoms with Crippen molar-refractivity contribution in [1.82, 2.24) is 0 Å². The molecule has 0 aliphatic heterocycles. The van der Waals surface area contributed by atoms with Crippen molar-refractivity contribution < 1.29 is 9.53 Å². The second-order valence-electron chi connectivity index (χ2n) is 3.29. The van der Waals surface area contributed by atoms with Crippen molar-refractivity contribution in [1.29, 1.82) is 0 Å². The van der Waals surface area contributed by atoms with E-state index in [0.29, 0.717) is 0 Å². The Bertz CT molecular complexity index is 159. The first-order valence-corrected chi connectivity index (χ1v) is 3.72. The van der Waals surface area contributed by atoms with E-state index in [1.807, 2.05) is 0 Å². The summed E-state index contributed by atoms with van der Waals surface area (Å²) in [6.07, 6.45) is 2.97. The highest BCUT2D eigenvalue weighted by Crippen LogP contribution is 2.52. The van der Waals surface area contributed by atoms with Gasteiger partial charge >= 0.3 is 6.09 Å². The van der Waals surface area contributed by atoms with Gasteiger partial charge in [0.25, 0.3) is 0 Å². The van der Waals surface area contributed by atoms with Crippen LogP contribution in [-0.2, 0) is 4.74 Å². The van der Waals surface area contributed by atoms with Crippen LogP contribution in [0, 0.1) is 11.8 Å². The monoisotopic (exact) mass is 141 g/mol. The fourth-order valence-electron chi connectivity index (χ4n) is 1.92. The standard InChI is InChI=1S/C7H11NO2/c8-7(9)10-6-2-4-1-5(4)3-6/h4-6H,1-3H2,(H2,8,9). The Balaban J connectivity index is 1.80. The van der Waals surface area contributed by atoms with Crippen LogP contribution in [-0.4, -0.2) is 12.2 Å². The molecular weight excluding hydrogens is 130 g/mol. The van der Waals surface area contributed by atoms with E-state index < -0.39 is 6.09 Å². The van der Waals surface area contributed by atoms with Crippen molar-refractivity contribution in [3.05, 3.63) is 0 Å². The molecule has 0 spiro atoms. The lowest BCUT2D eigenvalue weighted by Gasteiger charge is -2.09. The molecule has 3 heteroatoms. The summed E-state index contributed by atoms with van der Waals surface area (Å²) in [5.74, 6) is 1.70. The molecule has 2 atom stereocenters. The molecule has 2 unspecified atom stereocenters. The Kier molecular flexibility index (Phi) is 1.13. The average molecular weight is 141 g/mol. The lowest BCUT2D eigenvalue weighted by Crippen LogP contribution is -2.21. The van der Waals surface area contributed by atoms with Gasteiger partial charge in [0.05, 0.1) is 0 Å². The zero-order valence-corrected chi connectivity index (χ0v) is 5.75. The van der Waals surface area contributed by atoms with Gasteiger partial charge in [-0.05, 0) is 31.1 Å². The Hall–Kier alpha value is -0.730. The molecule has 10 heavy (non-hydrogen) atoms. The van der Waals surface area contributed by atoms with Crippen LogP contribution in [0.3, 0.4) is 0 Å². The Morgan fingerprint density at radius 2 is 1.90 bits per heavy atom. The lowest BCUT2D eigenvalue weighted by atomic mass is 10.2. The van der Waals surface area contributed by atoms with E-state index in [4.69, 9.17) is 10.5 Å². The third-order valence-corrected chi connectivity index (χ3v) is 2.48. The van der Waals surface area contributed by atoms with Crippen LogP contribution in [0.1, 0.15) is 19.3 Å². The Morgan fingerprint density at radius 3 is 2.40 bits per heavy atom. The van der Waals surface area contributed by atoms with Crippen molar-refractivity contribution in [2.45, 2.75) is 25.4 Å². The smallest absolute Gasteiger partial charge is 0.404 e. The number of fused-ring (bicyclic) bond motifs is 1. The summed E-state index contributed by atoms with van der Waals surface area (Å²) >= 11 is 0. The summed E-state index contributed by atoms with van der Waals surface area (Å²) in [6.45, 7) is 0. The largest absolute Gasteiger partial charge is 0.446 e. The van der Waals surface area contributed by atoms with Crippen molar-refractivity contribution in [2.75, 3.05) is 0 Å². The highest BCUT2D eigenvalue weighted by Gasteiger charge is 2.47. The molecule has 2 saturated carbocycles. The molecule has 0 saturated heterocycles. The van der Waals surface area contributed by atoms with Crippen molar-refractivity contribution in [3.63, 3.8) is 0 Å². The maximum absolute atomic E-state index is 10.3. The molecule has 1 amide bonds. The van der Waals surface area contributed by atoms with E-state index in [9.17, 15) is 4.79 Å². The molecule has 0 aromatic rings. The zero-order valence-electron chi connectivity index (χ0n) is 5.75. The number of carbonyl (C=O) groups excluding carboxylic acids is 1. The molecule has 0 aromatic carbocycles. The minimum Gasteiger partial charge on any atom is -0.446 e. The highest BCUT2D eigenvalue weighted by atomic mass is 16.6. The number of nitrogens with two attached hydrogens (primary N) is 1. The summed E-state index contributed by atoms with van der Waals surface area (Å²) < 4.78 is 4.85. The van der Waals surface area contributed by atoms with Gasteiger partial charge in [-0.15, -0.1) is 0 Å². The summed E-state index contributed by atoms with van der Waals surface area (Å²) in [5.41, 5.74) is 4.87. The van der Waals surface area contributed by atoms with E-state index in [1.165, 1.54) is 6.42 Å². The van der Waals surface area contributed by atoms with Crippen LogP contribution in [0.2, 0.25) is 0 Å². The summed E-state index contributed by atoms with van der Waals surface area (Å²) in [4.78, 5) is 10.3. The first kappa shape index (κ1) is 6.01. The maximum Gasteiger partial charge on any atom is 0.404 e. The van der Waals surface area contributed by atoms with Gasteiger partial charge in [-0.3, -0.25) is 0 Å². The third kappa shape index (κ3) is 0.958. The number of primary amides is 1. The minimum atomic E-state index is -0.619. The second-order valence-corrected chi connectivity index (χ2v) is 3.29. The fourth-order valence-corrected chi connectivity index (χ4v) is 1.92. The summed E-state index contributed by atoms with van der Waals surface area (Å²) in [7, 11) is 0. The van der Waals surface area contributed by atoms with E-state index in [2.05, 4.69) is 0 Å². The van der Waals surface area contributed by atoms with Crippen LogP contribution < -0.4 is 5.73 Å². The van der Waals surface area contributed by atoms with Crippen LogP contribution >= 0.6 is 0 Å². The topological polar surface area (TPSA) is 52.3 Å². The molecule has 2 fully saturated rings. The highest BCUT2D eigenvalue weighted by molar-refractivity contribution is 5.64. The van der Waals surface area contributed by atoms with Crippen molar-refractivity contribution in [2.24, 2.45) is 17.6 Å². The van der Waals surface area contributed by atoms with E-state index >= 15 is 0 Å². The Labute approximate surface area is 59.5 Å². The number of hydrogen-bond acceptors (Lipinski definition) is 2. The fraction of sp³-hybridized carbons (Fsp3) is 0.857. The molecular formula is C7H11NO2. The molecule has 2 aliphatic carbocycles. The summed E-state index contributed by atoms with van der Waals surface area (Å²) in [6, 6.07) is 0. The second kappa shape index (κ2) is 1.87. The number of ether oxygens (including phenoxy) is 1. The van der Waals surface area contributed by atoms with Crippen LogP contribution in [0.15, 0.2) is 0 Å². The van der Waals surface area contributed by atoms with Gasteiger partial charge in [0.1, 0.15) is 6.10 Å². The molecule has 0 heterocycles. The van der Waals surface area contributed by atoms with Gasteiger partial charge in [0.2, 0.25) is 0 Å². The maximum atomic E-state index is 10.3. The normalized spacial score (nSPS) is 42.6. The third-order valence-electron chi connectivity index (χ3n) is 2.48. The van der Waals surface area contributed by atoms with E-state index in [1.54, 1.807) is 0 Å². The zero-order chi connectivity index (χ0) is 7.14. The Morgan fingerprint density at radius 1 is 1.30 bits per heavy atom. The molecule has 2 rings (SSSR count). The number of hydrogen-bond donors (Lipinski definition) is 1. The predicted molar refractivity (Wildman–Crippen MR) is 35.3 cm³/mol. The number of rotatable bonds is 1. The van der Waals surface area contributed by atoms with Gasteiger partial charge < -0.3 is 10.5 Å². The van der Waals surface area contributed by atoms with Gasteiger partial charge in [0.15, 0.2) is 0 Å². The first-order valence-electron chi connectivity index (χ1n) is 3.72. The number of amides is 1. The van der Waals surface area contributed by atoms with Gasteiger partial charge in [-0.1, -0.05) is 0 Å². The van der Waals surface area contributed by atoms with E-state index in [-0.39, 0.29) is 6.10 Å². The molecule has 2 aliphatic rings. The predicted octanol–water partition coefficient (Wildman–Crippen LogP) is 0.880. The average Bonchev–Trinajstić information content (AvgIpc) is 2.39. The summed E-state index contributed by atoms with van der Waals surface area (Å²) in [5, 5.41) is 0. The molecule has 0 aromatic heterocycles. The lowest BCUT2D eigenvalue weighted by molar-refractivity contribution is 0.103. The van der Waals surface area contributed by atoms with Gasteiger partial charge in [-0.25, -0.2) is 4.79 Å². The van der Waals surface area contributed by atoms with Crippen molar-refractivity contribution in [3.8, 4) is 0 Å². The van der Waals surface area contributed by atoms with Crippen LogP contribution in [0.5, 0.6) is 0 Å². The quantitative estimate of drug-likeness (QED) is 0.589. The van der Waals surface area contributed by atoms with E-state index in [0.717, 1.165) is 24.7 Å². The first-order chi connectivity index (χ1) is 4.75. The number of carbonyl (C=O) groups is 1. The molecule has 2 N–H and O–H groups in total. The van der Waals surface area contributed by atoms with Crippen LogP contribution in [0.25, 0.3) is 0 Å². The van der Waals surface area contributed by atoms with Gasteiger partial charge in [-0.2, -0.15) is 0 Å². The van der Waals surface area contributed by atoms with Crippen LogP contribution in [0.4, 0.5) is 4.79 Å².